The molecule has 0 aliphatic carbocycles. The van der Waals surface area contributed by atoms with Gasteiger partial charge >= 0.3 is 0 Å². The van der Waals surface area contributed by atoms with Crippen LogP contribution in [0.2, 0.25) is 5.02 Å². The van der Waals surface area contributed by atoms with Gasteiger partial charge in [-0.15, -0.1) is 0 Å². The molecule has 1 aromatic carbocycles. The summed E-state index contributed by atoms with van der Waals surface area (Å²) in [6.45, 7) is 1.94. The van der Waals surface area contributed by atoms with E-state index in [4.69, 9.17) is 11.6 Å². The standard InChI is InChI=1S/C13H15ClN2/c1-16-7-5-13(10-15,6-8-16)11-3-2-4-12(14)9-11/h2-4,9H,5-8H2,1H3. The van der Waals surface area contributed by atoms with Crippen molar-refractivity contribution in [3.63, 3.8) is 0 Å². The van der Waals surface area contributed by atoms with Gasteiger partial charge in [-0.3, -0.25) is 0 Å². The molecule has 0 aromatic heterocycles. The highest BCUT2D eigenvalue weighted by molar-refractivity contribution is 6.30. The van der Waals surface area contributed by atoms with Gasteiger partial charge in [0.05, 0.1) is 11.5 Å². The Morgan fingerprint density at radius 1 is 1.38 bits per heavy atom. The van der Waals surface area contributed by atoms with Crippen LogP contribution in [0.15, 0.2) is 24.3 Å². The average Bonchev–Trinajstić information content (AvgIpc) is 2.31. The zero-order valence-corrected chi connectivity index (χ0v) is 10.2. The van der Waals surface area contributed by atoms with E-state index in [1.165, 1.54) is 0 Å². The molecule has 2 rings (SSSR count). The maximum absolute atomic E-state index is 9.46. The van der Waals surface area contributed by atoms with Crippen molar-refractivity contribution < 1.29 is 0 Å². The predicted octanol–water partition coefficient (Wildman–Crippen LogP) is 2.83. The Labute approximate surface area is 101 Å². The second-order valence-corrected chi connectivity index (χ2v) is 4.94. The first-order valence-corrected chi connectivity index (χ1v) is 5.90. The molecule has 0 N–H and O–H groups in total. The Morgan fingerprint density at radius 3 is 2.62 bits per heavy atom. The van der Waals surface area contributed by atoms with Crippen LogP contribution < -0.4 is 0 Å². The molecule has 0 amide bonds. The van der Waals surface area contributed by atoms with Crippen molar-refractivity contribution in [2.45, 2.75) is 18.3 Å². The van der Waals surface area contributed by atoms with Gasteiger partial charge in [-0.25, -0.2) is 0 Å². The van der Waals surface area contributed by atoms with Gasteiger partial charge in [0.15, 0.2) is 0 Å². The minimum atomic E-state index is -0.336. The number of likely N-dealkylation sites (tertiary alicyclic amines) is 1. The first-order valence-electron chi connectivity index (χ1n) is 5.52. The van der Waals surface area contributed by atoms with Crippen molar-refractivity contribution in [1.82, 2.24) is 4.90 Å². The smallest absolute Gasteiger partial charge is 0.0847 e. The minimum Gasteiger partial charge on any atom is -0.306 e. The van der Waals surface area contributed by atoms with Crippen LogP contribution in [0.3, 0.4) is 0 Å². The van der Waals surface area contributed by atoms with E-state index in [0.717, 1.165) is 31.5 Å². The lowest BCUT2D eigenvalue weighted by molar-refractivity contribution is 0.222. The van der Waals surface area contributed by atoms with Crippen molar-refractivity contribution in [1.29, 1.82) is 5.26 Å². The maximum Gasteiger partial charge on any atom is 0.0847 e. The van der Waals surface area contributed by atoms with Crippen LogP contribution in [0.25, 0.3) is 0 Å². The Hall–Kier alpha value is -1.04. The van der Waals surface area contributed by atoms with Crippen molar-refractivity contribution in [2.24, 2.45) is 0 Å². The zero-order chi connectivity index (χ0) is 11.6. The number of rotatable bonds is 1. The third-order valence-corrected chi connectivity index (χ3v) is 3.67. The van der Waals surface area contributed by atoms with Crippen molar-refractivity contribution in [3.8, 4) is 6.07 Å². The van der Waals surface area contributed by atoms with E-state index in [9.17, 15) is 5.26 Å². The van der Waals surface area contributed by atoms with Crippen molar-refractivity contribution in [2.75, 3.05) is 20.1 Å². The van der Waals surface area contributed by atoms with E-state index < -0.39 is 0 Å². The number of hydrogen-bond donors (Lipinski definition) is 0. The molecule has 1 fully saturated rings. The molecular formula is C13H15ClN2. The first-order chi connectivity index (χ1) is 7.66. The monoisotopic (exact) mass is 234 g/mol. The second kappa shape index (κ2) is 4.45. The van der Waals surface area contributed by atoms with E-state index in [1.54, 1.807) is 0 Å². The zero-order valence-electron chi connectivity index (χ0n) is 9.41. The summed E-state index contributed by atoms with van der Waals surface area (Å²) >= 11 is 5.99. The maximum atomic E-state index is 9.46. The Balaban J connectivity index is 2.32. The van der Waals surface area contributed by atoms with Gasteiger partial charge < -0.3 is 4.90 Å². The third kappa shape index (κ3) is 2.07. The van der Waals surface area contributed by atoms with Gasteiger partial charge in [-0.1, -0.05) is 23.7 Å². The Bertz CT molecular complexity index is 414. The molecular weight excluding hydrogens is 220 g/mol. The van der Waals surface area contributed by atoms with Crippen LogP contribution in [-0.4, -0.2) is 25.0 Å². The molecule has 0 unspecified atom stereocenters. The van der Waals surface area contributed by atoms with Crippen LogP contribution in [0.1, 0.15) is 18.4 Å². The van der Waals surface area contributed by atoms with Crippen molar-refractivity contribution >= 4 is 11.6 Å². The number of nitrogens with zero attached hydrogens (tertiary/aromatic N) is 2. The highest BCUT2D eigenvalue weighted by Crippen LogP contribution is 2.35. The lowest BCUT2D eigenvalue weighted by atomic mass is 9.74. The topological polar surface area (TPSA) is 27.0 Å². The molecule has 0 bridgehead atoms. The molecule has 2 nitrogen and oxygen atoms in total. The highest BCUT2D eigenvalue weighted by Gasteiger charge is 2.35. The number of piperidine rings is 1. The third-order valence-electron chi connectivity index (χ3n) is 3.43. The Morgan fingerprint density at radius 2 is 2.06 bits per heavy atom. The molecule has 0 atom stereocenters. The molecule has 1 saturated heterocycles. The SMILES string of the molecule is CN1CCC(C#N)(c2cccc(Cl)c2)CC1. The van der Waals surface area contributed by atoms with Gasteiger partial charge in [0.25, 0.3) is 0 Å². The minimum absolute atomic E-state index is 0.336. The van der Waals surface area contributed by atoms with Gasteiger partial charge in [0, 0.05) is 5.02 Å². The summed E-state index contributed by atoms with van der Waals surface area (Å²) in [7, 11) is 2.10. The summed E-state index contributed by atoms with van der Waals surface area (Å²) in [5.74, 6) is 0. The molecule has 1 aliphatic rings. The molecule has 0 radical (unpaired) electrons. The molecule has 1 heterocycles. The summed E-state index contributed by atoms with van der Waals surface area (Å²) in [6.07, 6.45) is 1.78. The van der Waals surface area contributed by atoms with Crippen LogP contribution in [0.4, 0.5) is 0 Å². The van der Waals surface area contributed by atoms with E-state index >= 15 is 0 Å². The first kappa shape index (κ1) is 11.4. The summed E-state index contributed by atoms with van der Waals surface area (Å²) in [6, 6.07) is 10.2. The largest absolute Gasteiger partial charge is 0.306 e. The molecule has 0 spiro atoms. The van der Waals surface area contributed by atoms with Crippen LogP contribution >= 0.6 is 11.6 Å². The molecule has 16 heavy (non-hydrogen) atoms. The highest BCUT2D eigenvalue weighted by atomic mass is 35.5. The van der Waals surface area contributed by atoms with E-state index in [-0.39, 0.29) is 5.41 Å². The number of nitriles is 1. The quantitative estimate of drug-likeness (QED) is 0.747. The fourth-order valence-electron chi connectivity index (χ4n) is 2.25. The van der Waals surface area contributed by atoms with Gasteiger partial charge in [0.2, 0.25) is 0 Å². The number of hydrogen-bond acceptors (Lipinski definition) is 2. The average molecular weight is 235 g/mol. The lowest BCUT2D eigenvalue weighted by Gasteiger charge is -2.35. The molecule has 1 aliphatic heterocycles. The van der Waals surface area contributed by atoms with Crippen LogP contribution in [0.5, 0.6) is 0 Å². The molecule has 84 valence electrons. The predicted molar refractivity (Wildman–Crippen MR) is 65.5 cm³/mol. The summed E-state index contributed by atoms with van der Waals surface area (Å²) < 4.78 is 0. The van der Waals surface area contributed by atoms with E-state index in [2.05, 4.69) is 18.0 Å². The van der Waals surface area contributed by atoms with E-state index in [0.29, 0.717) is 5.02 Å². The number of benzene rings is 1. The Kier molecular flexibility index (Phi) is 3.18. The van der Waals surface area contributed by atoms with E-state index in [1.807, 2.05) is 24.3 Å². The summed E-state index contributed by atoms with van der Waals surface area (Å²) in [4.78, 5) is 2.26. The molecule has 0 saturated carbocycles. The van der Waals surface area contributed by atoms with Crippen LogP contribution in [-0.2, 0) is 5.41 Å². The van der Waals surface area contributed by atoms with Gasteiger partial charge in [0.1, 0.15) is 0 Å². The fourth-order valence-corrected chi connectivity index (χ4v) is 2.44. The second-order valence-electron chi connectivity index (χ2n) is 4.51. The van der Waals surface area contributed by atoms with Crippen molar-refractivity contribution in [3.05, 3.63) is 34.9 Å². The summed E-state index contributed by atoms with van der Waals surface area (Å²) in [5.41, 5.74) is 0.729. The van der Waals surface area contributed by atoms with Crippen LogP contribution in [0, 0.1) is 11.3 Å². The van der Waals surface area contributed by atoms with Gasteiger partial charge in [-0.2, -0.15) is 5.26 Å². The molecule has 1 aromatic rings. The normalized spacial score (nSPS) is 20.3. The van der Waals surface area contributed by atoms with Gasteiger partial charge in [-0.05, 0) is 50.7 Å². The fraction of sp³-hybridized carbons (Fsp3) is 0.462. The lowest BCUT2D eigenvalue weighted by Crippen LogP contribution is -2.39. The summed E-state index contributed by atoms with van der Waals surface area (Å²) in [5, 5.41) is 10.2. The molecule has 3 heteroatoms. The number of halogens is 1.